The van der Waals surface area contributed by atoms with E-state index in [1.54, 1.807) is 12.1 Å². The lowest BCUT2D eigenvalue weighted by Crippen LogP contribution is -2.56. The Bertz CT molecular complexity index is 606. The van der Waals surface area contributed by atoms with Gasteiger partial charge in [-0.1, -0.05) is 12.8 Å². The van der Waals surface area contributed by atoms with E-state index in [1.807, 2.05) is 12.1 Å². The molecule has 2 saturated carbocycles. The van der Waals surface area contributed by atoms with Crippen molar-refractivity contribution < 1.29 is 4.92 Å². The molecule has 3 fully saturated rings. The standard InChI is InChI=1S/C18H26N4O2/c19-15-3-1-2-4-16(15)20-17-9-12-10-18(17)21(11-12)13-5-7-14(8-6-13)22(23)24/h5-8,12,15-18,20H,1-4,9-11,19H2/t12?,15?,16?,17-,18-/m0/s1. The molecular formula is C18H26N4O2. The van der Waals surface area contributed by atoms with Gasteiger partial charge in [0.15, 0.2) is 0 Å². The zero-order valence-electron chi connectivity index (χ0n) is 13.9. The summed E-state index contributed by atoms with van der Waals surface area (Å²) in [6.45, 7) is 1.07. The van der Waals surface area contributed by atoms with Crippen LogP contribution in [0.5, 0.6) is 0 Å². The largest absolute Gasteiger partial charge is 0.367 e. The van der Waals surface area contributed by atoms with E-state index in [9.17, 15) is 10.1 Å². The van der Waals surface area contributed by atoms with Crippen LogP contribution < -0.4 is 16.0 Å². The van der Waals surface area contributed by atoms with Crippen LogP contribution in [0.4, 0.5) is 11.4 Å². The van der Waals surface area contributed by atoms with Crippen molar-refractivity contribution in [2.75, 3.05) is 11.4 Å². The van der Waals surface area contributed by atoms with Crippen molar-refractivity contribution >= 4 is 11.4 Å². The van der Waals surface area contributed by atoms with Crippen molar-refractivity contribution in [1.29, 1.82) is 0 Å². The second kappa shape index (κ2) is 6.33. The lowest BCUT2D eigenvalue weighted by Gasteiger charge is -2.39. The molecule has 1 aromatic carbocycles. The summed E-state index contributed by atoms with van der Waals surface area (Å²) in [5, 5.41) is 14.7. The molecule has 6 heteroatoms. The highest BCUT2D eigenvalue weighted by Gasteiger charge is 2.45. The molecule has 24 heavy (non-hydrogen) atoms. The van der Waals surface area contributed by atoms with Crippen LogP contribution in [0.15, 0.2) is 24.3 Å². The molecule has 130 valence electrons. The predicted molar refractivity (Wildman–Crippen MR) is 94.1 cm³/mol. The number of benzene rings is 1. The van der Waals surface area contributed by atoms with Crippen LogP contribution in [-0.2, 0) is 0 Å². The van der Waals surface area contributed by atoms with E-state index in [1.165, 1.54) is 32.1 Å². The van der Waals surface area contributed by atoms with Crippen LogP contribution in [-0.4, -0.2) is 35.6 Å². The van der Waals surface area contributed by atoms with Gasteiger partial charge in [-0.25, -0.2) is 0 Å². The van der Waals surface area contributed by atoms with Crippen LogP contribution in [0.3, 0.4) is 0 Å². The van der Waals surface area contributed by atoms with Crippen LogP contribution in [0, 0.1) is 16.0 Å². The summed E-state index contributed by atoms with van der Waals surface area (Å²) in [7, 11) is 0. The summed E-state index contributed by atoms with van der Waals surface area (Å²) in [4.78, 5) is 12.9. The second-order valence-corrected chi connectivity index (χ2v) is 7.66. The van der Waals surface area contributed by atoms with E-state index in [2.05, 4.69) is 10.2 Å². The fourth-order valence-corrected chi connectivity index (χ4v) is 4.91. The highest BCUT2D eigenvalue weighted by atomic mass is 16.6. The topological polar surface area (TPSA) is 84.4 Å². The van der Waals surface area contributed by atoms with E-state index in [0.717, 1.165) is 24.6 Å². The van der Waals surface area contributed by atoms with Gasteiger partial charge in [-0.2, -0.15) is 0 Å². The van der Waals surface area contributed by atoms with Gasteiger partial charge < -0.3 is 16.0 Å². The van der Waals surface area contributed by atoms with Gasteiger partial charge in [-0.3, -0.25) is 10.1 Å². The Kier molecular flexibility index (Phi) is 4.18. The molecule has 0 spiro atoms. The maximum absolute atomic E-state index is 10.8. The third-order valence-corrected chi connectivity index (χ3v) is 6.12. The first kappa shape index (κ1) is 15.8. The Morgan fingerprint density at radius 2 is 1.88 bits per heavy atom. The molecule has 1 aromatic rings. The monoisotopic (exact) mass is 330 g/mol. The molecule has 5 atom stereocenters. The highest BCUT2D eigenvalue weighted by molar-refractivity contribution is 5.53. The summed E-state index contributed by atoms with van der Waals surface area (Å²) < 4.78 is 0. The number of piperidine rings is 1. The maximum Gasteiger partial charge on any atom is 0.269 e. The lowest BCUT2D eigenvalue weighted by molar-refractivity contribution is -0.384. The van der Waals surface area contributed by atoms with Crippen LogP contribution in [0.2, 0.25) is 0 Å². The first-order valence-corrected chi connectivity index (χ1v) is 9.14. The molecule has 0 aromatic heterocycles. The molecule has 1 aliphatic heterocycles. The van der Waals surface area contributed by atoms with Crippen LogP contribution in [0.25, 0.3) is 0 Å². The van der Waals surface area contributed by atoms with E-state index in [-0.39, 0.29) is 16.7 Å². The number of nitro benzene ring substituents is 1. The molecule has 3 aliphatic rings. The lowest BCUT2D eigenvalue weighted by atomic mass is 9.89. The Balaban J connectivity index is 1.45. The Morgan fingerprint density at radius 3 is 2.54 bits per heavy atom. The summed E-state index contributed by atoms with van der Waals surface area (Å²) in [6.07, 6.45) is 7.30. The van der Waals surface area contributed by atoms with E-state index in [0.29, 0.717) is 18.1 Å². The van der Waals surface area contributed by atoms with Crippen molar-refractivity contribution in [1.82, 2.24) is 5.32 Å². The van der Waals surface area contributed by atoms with E-state index in [4.69, 9.17) is 5.73 Å². The van der Waals surface area contributed by atoms with Crippen molar-refractivity contribution in [2.45, 2.75) is 62.7 Å². The molecular weight excluding hydrogens is 304 g/mol. The second-order valence-electron chi connectivity index (χ2n) is 7.66. The third kappa shape index (κ3) is 2.89. The van der Waals surface area contributed by atoms with Crippen LogP contribution in [0.1, 0.15) is 38.5 Å². The van der Waals surface area contributed by atoms with Gasteiger partial charge in [0, 0.05) is 48.5 Å². The first-order valence-electron chi connectivity index (χ1n) is 9.14. The zero-order chi connectivity index (χ0) is 16.7. The highest BCUT2D eigenvalue weighted by Crippen LogP contribution is 2.41. The predicted octanol–water partition coefficient (Wildman–Crippen LogP) is 2.42. The van der Waals surface area contributed by atoms with Gasteiger partial charge in [0.25, 0.3) is 5.69 Å². The molecule has 2 bridgehead atoms. The number of non-ortho nitro benzene ring substituents is 1. The average Bonchev–Trinajstić information content (AvgIpc) is 3.17. The Labute approximate surface area is 142 Å². The molecule has 3 unspecified atom stereocenters. The molecule has 0 amide bonds. The number of nitrogens with zero attached hydrogens (tertiary/aromatic N) is 2. The summed E-state index contributed by atoms with van der Waals surface area (Å²) in [6, 6.07) is 8.72. The van der Waals surface area contributed by atoms with Crippen molar-refractivity contribution in [3.05, 3.63) is 34.4 Å². The number of rotatable bonds is 4. The molecule has 6 nitrogen and oxygen atoms in total. The van der Waals surface area contributed by atoms with Crippen molar-refractivity contribution in [3.63, 3.8) is 0 Å². The number of anilines is 1. The van der Waals surface area contributed by atoms with E-state index < -0.39 is 0 Å². The summed E-state index contributed by atoms with van der Waals surface area (Å²) in [5.74, 6) is 0.725. The Hall–Kier alpha value is -1.66. The first-order chi connectivity index (χ1) is 11.6. The molecule has 1 saturated heterocycles. The SMILES string of the molecule is NC1CCCCC1N[C@H]1CC2C[C@@H]1N(c1ccc([N+](=O)[O-])cc1)C2. The number of nitrogens with two attached hydrogens (primary N) is 1. The minimum Gasteiger partial charge on any atom is -0.367 e. The number of hydrogen-bond donors (Lipinski definition) is 2. The van der Waals surface area contributed by atoms with Gasteiger partial charge in [0.05, 0.1) is 4.92 Å². The maximum atomic E-state index is 10.8. The fourth-order valence-electron chi connectivity index (χ4n) is 4.91. The molecule has 2 aliphatic carbocycles. The number of nitrogens with one attached hydrogen (secondary N) is 1. The molecule has 0 radical (unpaired) electrons. The minimum absolute atomic E-state index is 0.158. The van der Waals surface area contributed by atoms with E-state index >= 15 is 0 Å². The Morgan fingerprint density at radius 1 is 1.12 bits per heavy atom. The number of hydrogen-bond acceptors (Lipinski definition) is 5. The van der Waals surface area contributed by atoms with Gasteiger partial charge in [-0.15, -0.1) is 0 Å². The smallest absolute Gasteiger partial charge is 0.269 e. The van der Waals surface area contributed by atoms with Gasteiger partial charge in [0.2, 0.25) is 0 Å². The van der Waals surface area contributed by atoms with Gasteiger partial charge >= 0.3 is 0 Å². The molecule has 4 rings (SSSR count). The van der Waals surface area contributed by atoms with Crippen molar-refractivity contribution in [3.8, 4) is 0 Å². The zero-order valence-corrected chi connectivity index (χ0v) is 13.9. The number of fused-ring (bicyclic) bond motifs is 2. The average molecular weight is 330 g/mol. The fraction of sp³-hybridized carbons (Fsp3) is 0.667. The number of nitro groups is 1. The third-order valence-electron chi connectivity index (χ3n) is 6.12. The quantitative estimate of drug-likeness (QED) is 0.654. The van der Waals surface area contributed by atoms with Gasteiger partial charge in [0.1, 0.15) is 0 Å². The minimum atomic E-state index is -0.339. The summed E-state index contributed by atoms with van der Waals surface area (Å²) >= 11 is 0. The van der Waals surface area contributed by atoms with Crippen molar-refractivity contribution in [2.24, 2.45) is 11.7 Å². The van der Waals surface area contributed by atoms with Crippen LogP contribution >= 0.6 is 0 Å². The normalized spacial score (nSPS) is 35.4. The van der Waals surface area contributed by atoms with Gasteiger partial charge in [-0.05, 0) is 43.7 Å². The molecule has 1 heterocycles. The summed E-state index contributed by atoms with van der Waals surface area (Å²) in [5.41, 5.74) is 7.57. The molecule has 3 N–H and O–H groups in total.